The van der Waals surface area contributed by atoms with Gasteiger partial charge in [0.1, 0.15) is 12.1 Å². The number of hydrogen-bond donors (Lipinski definition) is 7. The van der Waals surface area contributed by atoms with Crippen LogP contribution in [0.3, 0.4) is 0 Å². The number of aliphatic hydroxyl groups excluding tert-OH is 1. The Morgan fingerprint density at radius 3 is 2.23 bits per heavy atom. The second-order valence-electron chi connectivity index (χ2n) is 6.01. The van der Waals surface area contributed by atoms with Crippen molar-refractivity contribution in [2.24, 2.45) is 28.1 Å². The van der Waals surface area contributed by atoms with Gasteiger partial charge in [0.25, 0.3) is 0 Å². The molecule has 0 aliphatic heterocycles. The van der Waals surface area contributed by atoms with E-state index in [1.807, 2.05) is 0 Å². The Labute approximate surface area is 152 Å². The third-order valence-electron chi connectivity index (χ3n) is 3.90. The summed E-state index contributed by atoms with van der Waals surface area (Å²) < 4.78 is 0. The van der Waals surface area contributed by atoms with Crippen LogP contribution >= 0.6 is 0 Å². The van der Waals surface area contributed by atoms with Gasteiger partial charge in [0.05, 0.1) is 12.6 Å². The van der Waals surface area contributed by atoms with E-state index in [4.69, 9.17) is 17.2 Å². The summed E-state index contributed by atoms with van der Waals surface area (Å²) in [6, 6.07) is -3.33. The Morgan fingerprint density at radius 2 is 1.77 bits per heavy atom. The molecule has 11 nitrogen and oxygen atoms in total. The van der Waals surface area contributed by atoms with E-state index in [0.717, 1.165) is 0 Å². The van der Waals surface area contributed by atoms with Gasteiger partial charge < -0.3 is 38.0 Å². The van der Waals surface area contributed by atoms with Crippen molar-refractivity contribution >= 4 is 23.7 Å². The molecular formula is C15H30N6O5. The number of carboxylic acids is 1. The van der Waals surface area contributed by atoms with Gasteiger partial charge in [-0.05, 0) is 18.8 Å². The van der Waals surface area contributed by atoms with Gasteiger partial charge in [-0.1, -0.05) is 20.3 Å². The fourth-order valence-electron chi connectivity index (χ4n) is 2.06. The number of nitrogens with one attached hydrogen (secondary N) is 2. The number of guanidine groups is 1. The molecule has 0 heterocycles. The monoisotopic (exact) mass is 374 g/mol. The Bertz CT molecular complexity index is 509. The summed E-state index contributed by atoms with van der Waals surface area (Å²) >= 11 is 0. The smallest absolute Gasteiger partial charge is 0.326 e. The first kappa shape index (κ1) is 23.6. The van der Waals surface area contributed by atoms with Crippen molar-refractivity contribution in [2.45, 2.75) is 51.2 Å². The molecule has 10 N–H and O–H groups in total. The number of nitrogens with two attached hydrogens (primary N) is 3. The fraction of sp³-hybridized carbons (Fsp3) is 0.733. The van der Waals surface area contributed by atoms with E-state index in [2.05, 4.69) is 15.6 Å². The minimum atomic E-state index is -1.29. The lowest BCUT2D eigenvalue weighted by Crippen LogP contribution is -2.56. The maximum atomic E-state index is 12.2. The molecule has 11 heteroatoms. The van der Waals surface area contributed by atoms with Gasteiger partial charge >= 0.3 is 5.97 Å². The minimum Gasteiger partial charge on any atom is -0.480 e. The van der Waals surface area contributed by atoms with Crippen molar-refractivity contribution in [3.63, 3.8) is 0 Å². The van der Waals surface area contributed by atoms with E-state index in [1.54, 1.807) is 13.8 Å². The molecule has 4 atom stereocenters. The lowest BCUT2D eigenvalue weighted by molar-refractivity contribution is -0.144. The van der Waals surface area contributed by atoms with Crippen molar-refractivity contribution in [1.82, 2.24) is 10.6 Å². The molecule has 0 fully saturated rings. The van der Waals surface area contributed by atoms with Crippen LogP contribution in [0, 0.1) is 5.92 Å². The lowest BCUT2D eigenvalue weighted by Gasteiger charge is -2.24. The van der Waals surface area contributed by atoms with E-state index in [-0.39, 0.29) is 18.3 Å². The molecule has 26 heavy (non-hydrogen) atoms. The average Bonchev–Trinajstić information content (AvgIpc) is 2.59. The minimum absolute atomic E-state index is 0.0608. The molecule has 0 saturated heterocycles. The number of hydrogen-bond acceptors (Lipinski definition) is 6. The zero-order valence-electron chi connectivity index (χ0n) is 15.1. The largest absolute Gasteiger partial charge is 0.480 e. The first-order valence-electron chi connectivity index (χ1n) is 8.39. The first-order valence-corrected chi connectivity index (χ1v) is 8.39. The van der Waals surface area contributed by atoms with Crippen molar-refractivity contribution in [3.8, 4) is 0 Å². The summed E-state index contributed by atoms with van der Waals surface area (Å²) in [5.41, 5.74) is 16.1. The number of carbonyl (C=O) groups is 3. The Hall–Kier alpha value is -2.40. The summed E-state index contributed by atoms with van der Waals surface area (Å²) in [6.45, 7) is 3.09. The van der Waals surface area contributed by atoms with Crippen LogP contribution in [0.5, 0.6) is 0 Å². The summed E-state index contributed by atoms with van der Waals surface area (Å²) in [7, 11) is 0. The third kappa shape index (κ3) is 8.62. The lowest BCUT2D eigenvalue weighted by atomic mass is 9.99. The highest BCUT2D eigenvalue weighted by molar-refractivity contribution is 5.91. The molecule has 0 radical (unpaired) electrons. The molecular weight excluding hydrogens is 344 g/mol. The predicted octanol–water partition coefficient (Wildman–Crippen LogP) is -2.54. The van der Waals surface area contributed by atoms with Crippen molar-refractivity contribution in [3.05, 3.63) is 0 Å². The standard InChI is InChI=1S/C15H30N6O5/c1-3-8(2)11(14(25)26)21-13(24)10(7-22)20-12(23)9(16)5-4-6-19-15(17)18/h8-11,22H,3-7,16H2,1-2H3,(H,20,23)(H,21,24)(H,25,26)(H4,17,18,19). The number of aliphatic imine (C=N–C) groups is 1. The molecule has 0 aromatic heterocycles. The molecule has 0 aromatic rings. The summed E-state index contributed by atoms with van der Waals surface area (Å²) in [6.07, 6.45) is 1.26. The van der Waals surface area contributed by atoms with Gasteiger partial charge in [-0.3, -0.25) is 14.6 Å². The van der Waals surface area contributed by atoms with Crippen LogP contribution in [0.1, 0.15) is 33.1 Å². The van der Waals surface area contributed by atoms with Gasteiger partial charge in [0.2, 0.25) is 11.8 Å². The molecule has 0 saturated carbocycles. The normalized spacial score (nSPS) is 15.2. The fourth-order valence-corrected chi connectivity index (χ4v) is 2.06. The zero-order valence-corrected chi connectivity index (χ0v) is 15.1. The molecule has 0 aliphatic rings. The third-order valence-corrected chi connectivity index (χ3v) is 3.90. The van der Waals surface area contributed by atoms with Crippen LogP contribution in [0.25, 0.3) is 0 Å². The molecule has 0 rings (SSSR count). The van der Waals surface area contributed by atoms with E-state index in [1.165, 1.54) is 0 Å². The van der Waals surface area contributed by atoms with Gasteiger partial charge in [-0.15, -0.1) is 0 Å². The van der Waals surface area contributed by atoms with E-state index in [0.29, 0.717) is 19.4 Å². The van der Waals surface area contributed by atoms with Crippen molar-refractivity contribution in [2.75, 3.05) is 13.2 Å². The van der Waals surface area contributed by atoms with Crippen LogP contribution < -0.4 is 27.8 Å². The van der Waals surface area contributed by atoms with Gasteiger partial charge in [0.15, 0.2) is 5.96 Å². The van der Waals surface area contributed by atoms with Crippen LogP contribution in [0.2, 0.25) is 0 Å². The number of amides is 2. The molecule has 0 aliphatic carbocycles. The van der Waals surface area contributed by atoms with E-state index < -0.39 is 42.5 Å². The highest BCUT2D eigenvalue weighted by atomic mass is 16.4. The maximum absolute atomic E-state index is 12.2. The number of aliphatic carboxylic acids is 1. The zero-order chi connectivity index (χ0) is 20.3. The van der Waals surface area contributed by atoms with E-state index >= 15 is 0 Å². The average molecular weight is 374 g/mol. The Balaban J connectivity index is 4.66. The van der Waals surface area contributed by atoms with Crippen molar-refractivity contribution in [1.29, 1.82) is 0 Å². The van der Waals surface area contributed by atoms with Crippen LogP contribution in [-0.2, 0) is 14.4 Å². The molecule has 150 valence electrons. The van der Waals surface area contributed by atoms with Crippen LogP contribution in [0.4, 0.5) is 0 Å². The van der Waals surface area contributed by atoms with Crippen LogP contribution in [-0.4, -0.2) is 65.2 Å². The summed E-state index contributed by atoms with van der Waals surface area (Å²) in [5.74, 6) is -2.99. The number of carboxylic acid groups (broad SMARTS) is 1. The summed E-state index contributed by atoms with van der Waals surface area (Å²) in [5, 5.41) is 23.2. The quantitative estimate of drug-likeness (QED) is 0.110. The first-order chi connectivity index (χ1) is 12.1. The highest BCUT2D eigenvalue weighted by Crippen LogP contribution is 2.08. The SMILES string of the molecule is CCC(C)C(NC(=O)C(CO)NC(=O)C(N)CCCN=C(N)N)C(=O)O. The Kier molecular flexibility index (Phi) is 10.9. The molecule has 0 aromatic carbocycles. The number of aliphatic hydroxyl groups is 1. The van der Waals surface area contributed by atoms with Crippen molar-refractivity contribution < 1.29 is 24.6 Å². The molecule has 0 bridgehead atoms. The van der Waals surface area contributed by atoms with Gasteiger partial charge in [-0.25, -0.2) is 4.79 Å². The second-order valence-corrected chi connectivity index (χ2v) is 6.01. The number of carbonyl (C=O) groups excluding carboxylic acids is 2. The second kappa shape index (κ2) is 12.0. The maximum Gasteiger partial charge on any atom is 0.326 e. The van der Waals surface area contributed by atoms with E-state index in [9.17, 15) is 24.6 Å². The number of nitrogens with zero attached hydrogens (tertiary/aromatic N) is 1. The summed E-state index contributed by atoms with van der Waals surface area (Å²) in [4.78, 5) is 39.2. The highest BCUT2D eigenvalue weighted by Gasteiger charge is 2.29. The number of rotatable bonds is 12. The Morgan fingerprint density at radius 1 is 1.15 bits per heavy atom. The topological polar surface area (TPSA) is 206 Å². The van der Waals surface area contributed by atoms with Crippen LogP contribution in [0.15, 0.2) is 4.99 Å². The molecule has 4 unspecified atom stereocenters. The molecule has 0 spiro atoms. The molecule has 2 amide bonds. The predicted molar refractivity (Wildman–Crippen MR) is 95.9 cm³/mol. The van der Waals surface area contributed by atoms with Gasteiger partial charge in [-0.2, -0.15) is 0 Å². The van der Waals surface area contributed by atoms with Gasteiger partial charge in [0, 0.05) is 6.54 Å².